The number of rotatable bonds is 5. The molecule has 0 spiro atoms. The predicted molar refractivity (Wildman–Crippen MR) is 65.6 cm³/mol. The van der Waals surface area contributed by atoms with Crippen molar-refractivity contribution < 1.29 is 17.2 Å². The molecule has 1 aromatic carbocycles. The Bertz CT molecular complexity index is 535. The molecule has 0 aliphatic heterocycles. The van der Waals surface area contributed by atoms with E-state index in [0.29, 0.717) is 11.6 Å². The van der Waals surface area contributed by atoms with Crippen LogP contribution in [0.3, 0.4) is 0 Å². The van der Waals surface area contributed by atoms with E-state index in [2.05, 4.69) is 6.58 Å². The Morgan fingerprint density at radius 2 is 1.78 bits per heavy atom. The molecule has 0 saturated carbocycles. The molecule has 6 heteroatoms. The molecule has 0 unspecified atom stereocenters. The lowest BCUT2D eigenvalue weighted by Crippen LogP contribution is -2.32. The van der Waals surface area contributed by atoms with Crippen LogP contribution in [0.2, 0.25) is 0 Å². The molecule has 18 heavy (non-hydrogen) atoms. The lowest BCUT2D eigenvalue weighted by atomic mass is 10.3. The first-order chi connectivity index (χ1) is 8.27. The summed E-state index contributed by atoms with van der Waals surface area (Å²) in [5.41, 5.74) is 0.650. The normalized spacial score (nSPS) is 11.8. The van der Waals surface area contributed by atoms with Crippen molar-refractivity contribution in [2.45, 2.75) is 18.7 Å². The quantitative estimate of drug-likeness (QED) is 0.774. The van der Waals surface area contributed by atoms with Gasteiger partial charge in [0, 0.05) is 19.2 Å². The second-order valence-electron chi connectivity index (χ2n) is 3.99. The predicted octanol–water partition coefficient (Wildman–Crippen LogP) is 2.55. The lowest BCUT2D eigenvalue weighted by Gasteiger charge is -2.20. The summed E-state index contributed by atoms with van der Waals surface area (Å²) >= 11 is 0. The van der Waals surface area contributed by atoms with Crippen LogP contribution in [0.5, 0.6) is 0 Å². The van der Waals surface area contributed by atoms with Gasteiger partial charge in [-0.1, -0.05) is 19.1 Å². The van der Waals surface area contributed by atoms with Crippen molar-refractivity contribution in [1.29, 1.82) is 0 Å². The van der Waals surface area contributed by atoms with E-state index in [0.717, 1.165) is 16.4 Å². The van der Waals surface area contributed by atoms with Gasteiger partial charge in [-0.15, -0.1) is 0 Å². The van der Waals surface area contributed by atoms with Gasteiger partial charge in [0.15, 0.2) is 0 Å². The monoisotopic (exact) mass is 275 g/mol. The molecule has 1 aromatic rings. The Hall–Kier alpha value is -1.27. The van der Waals surface area contributed by atoms with Gasteiger partial charge in [-0.3, -0.25) is 0 Å². The molecule has 1 rings (SSSR count). The van der Waals surface area contributed by atoms with Crippen LogP contribution in [0, 0.1) is 11.6 Å². The van der Waals surface area contributed by atoms with E-state index < -0.39 is 21.7 Å². The molecule has 0 N–H and O–H groups in total. The topological polar surface area (TPSA) is 37.4 Å². The first-order valence-electron chi connectivity index (χ1n) is 5.38. The summed E-state index contributed by atoms with van der Waals surface area (Å²) in [6.45, 7) is 7.29. The smallest absolute Gasteiger partial charge is 0.207 e. The number of halogens is 2. The molecular weight excluding hydrogens is 260 g/mol. The van der Waals surface area contributed by atoms with Gasteiger partial charge in [0.1, 0.15) is 11.6 Å². The highest BCUT2D eigenvalue weighted by Crippen LogP contribution is 2.19. The minimum absolute atomic E-state index is 0.122. The third-order valence-electron chi connectivity index (χ3n) is 2.27. The minimum Gasteiger partial charge on any atom is -0.207 e. The number of hydrogen-bond donors (Lipinski definition) is 0. The average Bonchev–Trinajstić information content (AvgIpc) is 2.24. The molecule has 3 nitrogen and oxygen atoms in total. The molecule has 0 aliphatic carbocycles. The third kappa shape index (κ3) is 3.36. The van der Waals surface area contributed by atoms with Crippen molar-refractivity contribution in [1.82, 2.24) is 4.31 Å². The molecule has 0 amide bonds. The SMILES string of the molecule is C=C(C)CN(CC)S(=O)(=O)c1cc(F)cc(F)c1. The maximum atomic E-state index is 13.0. The van der Waals surface area contributed by atoms with Crippen LogP contribution in [-0.4, -0.2) is 25.8 Å². The van der Waals surface area contributed by atoms with Crippen LogP contribution in [0.25, 0.3) is 0 Å². The van der Waals surface area contributed by atoms with Gasteiger partial charge in [0.25, 0.3) is 0 Å². The van der Waals surface area contributed by atoms with Crippen molar-refractivity contribution in [2.24, 2.45) is 0 Å². The van der Waals surface area contributed by atoms with E-state index >= 15 is 0 Å². The number of nitrogens with zero attached hydrogens (tertiary/aromatic N) is 1. The highest BCUT2D eigenvalue weighted by Gasteiger charge is 2.24. The Labute approximate surface area is 106 Å². The molecule has 0 radical (unpaired) electrons. The summed E-state index contributed by atoms with van der Waals surface area (Å²) in [7, 11) is -3.90. The number of sulfonamides is 1. The van der Waals surface area contributed by atoms with Gasteiger partial charge in [0.2, 0.25) is 10.0 Å². The molecule has 0 bridgehead atoms. The second-order valence-corrected chi connectivity index (χ2v) is 5.93. The van der Waals surface area contributed by atoms with Crippen LogP contribution in [0.4, 0.5) is 8.78 Å². The van der Waals surface area contributed by atoms with Gasteiger partial charge in [-0.05, 0) is 19.1 Å². The Morgan fingerprint density at radius 1 is 1.28 bits per heavy atom. The van der Waals surface area contributed by atoms with E-state index in [-0.39, 0.29) is 18.0 Å². The first-order valence-corrected chi connectivity index (χ1v) is 6.82. The molecule has 0 fully saturated rings. The summed E-state index contributed by atoms with van der Waals surface area (Å²) in [5, 5.41) is 0. The van der Waals surface area contributed by atoms with Crippen LogP contribution >= 0.6 is 0 Å². The van der Waals surface area contributed by atoms with E-state index in [4.69, 9.17) is 0 Å². The average molecular weight is 275 g/mol. The molecule has 0 heterocycles. The Kier molecular flexibility index (Phi) is 4.59. The first kappa shape index (κ1) is 14.8. The zero-order valence-corrected chi connectivity index (χ0v) is 11.1. The van der Waals surface area contributed by atoms with Crippen molar-refractivity contribution in [2.75, 3.05) is 13.1 Å². The van der Waals surface area contributed by atoms with Gasteiger partial charge >= 0.3 is 0 Å². The summed E-state index contributed by atoms with van der Waals surface area (Å²) in [5.74, 6) is -1.83. The molecule has 0 atom stereocenters. The zero-order valence-electron chi connectivity index (χ0n) is 10.3. The van der Waals surface area contributed by atoms with E-state index in [1.54, 1.807) is 13.8 Å². The van der Waals surface area contributed by atoms with E-state index in [1.807, 2.05) is 0 Å². The van der Waals surface area contributed by atoms with Crippen LogP contribution in [0.15, 0.2) is 35.2 Å². The van der Waals surface area contributed by atoms with Crippen LogP contribution in [0.1, 0.15) is 13.8 Å². The highest BCUT2D eigenvalue weighted by atomic mass is 32.2. The zero-order chi connectivity index (χ0) is 13.9. The Balaban J connectivity index is 3.22. The maximum Gasteiger partial charge on any atom is 0.243 e. The lowest BCUT2D eigenvalue weighted by molar-refractivity contribution is 0.451. The number of benzene rings is 1. The largest absolute Gasteiger partial charge is 0.243 e. The number of likely N-dealkylation sites (N-methyl/N-ethyl adjacent to an activating group) is 1. The van der Waals surface area contributed by atoms with E-state index in [1.165, 1.54) is 0 Å². The summed E-state index contributed by atoms with van der Waals surface area (Å²) in [6.07, 6.45) is 0. The molecule has 0 aromatic heterocycles. The summed E-state index contributed by atoms with van der Waals surface area (Å²) in [6, 6.07) is 2.24. The molecule has 100 valence electrons. The van der Waals surface area contributed by atoms with Crippen molar-refractivity contribution >= 4 is 10.0 Å². The molecular formula is C12H15F2NO2S. The fourth-order valence-corrected chi connectivity index (χ4v) is 3.05. The van der Waals surface area contributed by atoms with Crippen molar-refractivity contribution in [3.8, 4) is 0 Å². The van der Waals surface area contributed by atoms with Gasteiger partial charge in [-0.2, -0.15) is 4.31 Å². The van der Waals surface area contributed by atoms with Crippen molar-refractivity contribution in [3.05, 3.63) is 42.0 Å². The Morgan fingerprint density at radius 3 is 2.17 bits per heavy atom. The molecule has 0 aliphatic rings. The summed E-state index contributed by atoms with van der Waals surface area (Å²) < 4.78 is 51.5. The van der Waals surface area contributed by atoms with Crippen molar-refractivity contribution in [3.63, 3.8) is 0 Å². The summed E-state index contributed by atoms with van der Waals surface area (Å²) in [4.78, 5) is -0.386. The van der Waals surface area contributed by atoms with Gasteiger partial charge < -0.3 is 0 Å². The second kappa shape index (κ2) is 5.58. The standard InChI is InChI=1S/C12H15F2NO2S/c1-4-15(8-9(2)3)18(16,17)12-6-10(13)5-11(14)7-12/h5-7H,2,4,8H2,1,3H3. The fourth-order valence-electron chi connectivity index (χ4n) is 1.49. The number of hydrogen-bond acceptors (Lipinski definition) is 2. The maximum absolute atomic E-state index is 13.0. The van der Waals surface area contributed by atoms with Crippen LogP contribution in [-0.2, 0) is 10.0 Å². The minimum atomic E-state index is -3.90. The van der Waals surface area contributed by atoms with Gasteiger partial charge in [-0.25, -0.2) is 17.2 Å². The third-order valence-corrected chi connectivity index (χ3v) is 4.17. The van der Waals surface area contributed by atoms with E-state index in [9.17, 15) is 17.2 Å². The molecule has 0 saturated heterocycles. The fraction of sp³-hybridized carbons (Fsp3) is 0.333. The highest BCUT2D eigenvalue weighted by molar-refractivity contribution is 7.89. The van der Waals surface area contributed by atoms with Crippen LogP contribution < -0.4 is 0 Å². The van der Waals surface area contributed by atoms with Gasteiger partial charge in [0.05, 0.1) is 4.90 Å².